The Bertz CT molecular complexity index is 1730. The number of aliphatic hydroxyl groups is 10. The normalized spacial score (nSPS) is 38.2. The van der Waals surface area contributed by atoms with Crippen molar-refractivity contribution in [3.8, 4) is 28.4 Å². The van der Waals surface area contributed by atoms with E-state index in [-0.39, 0.29) is 28.0 Å². The minimum Gasteiger partial charge on any atom is -0.507 e. The lowest BCUT2D eigenvalue weighted by atomic mass is 9.97. The van der Waals surface area contributed by atoms with Gasteiger partial charge in [-0.05, 0) is 24.6 Å². The highest BCUT2D eigenvalue weighted by Gasteiger charge is 2.51. The third kappa shape index (κ3) is 7.21. The van der Waals surface area contributed by atoms with Gasteiger partial charge in [-0.15, -0.1) is 0 Å². The first-order chi connectivity index (χ1) is 24.7. The van der Waals surface area contributed by atoms with Gasteiger partial charge in [-0.2, -0.15) is 0 Å². The number of hydrogen-bond donors (Lipinski definition) is 11. The number of hydrogen-bond acceptors (Lipinski definition) is 19. The number of phenolic OH excluding ortho intramolecular Hbond substituents is 1. The molecule has 3 fully saturated rings. The number of rotatable bonds is 9. The molecule has 3 saturated heterocycles. The molecule has 2 aromatic carbocycles. The van der Waals surface area contributed by atoms with Gasteiger partial charge in [-0.1, -0.05) is 12.1 Å². The predicted molar refractivity (Wildman–Crippen MR) is 170 cm³/mol. The van der Waals surface area contributed by atoms with Gasteiger partial charge in [0.25, 0.3) is 0 Å². The average molecular weight is 741 g/mol. The van der Waals surface area contributed by atoms with Crippen LogP contribution in [0.3, 0.4) is 0 Å². The molecule has 3 aliphatic heterocycles. The molecule has 0 bridgehead atoms. The van der Waals surface area contributed by atoms with Crippen molar-refractivity contribution < 1.29 is 89.0 Å². The molecule has 0 radical (unpaired) electrons. The van der Waals surface area contributed by atoms with Crippen LogP contribution in [-0.4, -0.2) is 162 Å². The van der Waals surface area contributed by atoms with Crippen molar-refractivity contribution in [2.24, 2.45) is 0 Å². The summed E-state index contributed by atoms with van der Waals surface area (Å²) in [6.07, 6.45) is -22.1. The lowest BCUT2D eigenvalue weighted by molar-refractivity contribution is -0.357. The maximum Gasteiger partial charge on any atom is 0.229 e. The lowest BCUT2D eigenvalue weighted by Gasteiger charge is -2.45. The van der Waals surface area contributed by atoms with Crippen LogP contribution in [0.2, 0.25) is 0 Å². The van der Waals surface area contributed by atoms with E-state index in [4.69, 9.17) is 32.8 Å². The summed E-state index contributed by atoms with van der Waals surface area (Å²) in [6.45, 7) is -0.0116. The third-order valence-corrected chi connectivity index (χ3v) is 9.27. The summed E-state index contributed by atoms with van der Waals surface area (Å²) in [6, 6.07) is 8.07. The van der Waals surface area contributed by atoms with Gasteiger partial charge in [0.15, 0.2) is 12.4 Å². The molecule has 15 atom stereocenters. The van der Waals surface area contributed by atoms with Crippen LogP contribution in [0.15, 0.2) is 51.9 Å². The van der Waals surface area contributed by atoms with E-state index in [0.717, 1.165) is 12.3 Å². The fourth-order valence-electron chi connectivity index (χ4n) is 6.20. The second-order valence-electron chi connectivity index (χ2n) is 12.7. The van der Waals surface area contributed by atoms with Crippen molar-refractivity contribution in [2.75, 3.05) is 13.2 Å². The number of aliphatic hydroxyl groups excluding tert-OH is 10. The van der Waals surface area contributed by atoms with Crippen LogP contribution in [0.5, 0.6) is 17.2 Å². The second-order valence-corrected chi connectivity index (χ2v) is 12.7. The minimum atomic E-state index is -1.85. The zero-order chi connectivity index (χ0) is 37.6. The van der Waals surface area contributed by atoms with Crippen molar-refractivity contribution >= 4 is 11.0 Å². The first-order valence-electron chi connectivity index (χ1n) is 16.2. The highest BCUT2D eigenvalue weighted by Crippen LogP contribution is 2.34. The Balaban J connectivity index is 1.20. The Morgan fingerprint density at radius 3 is 1.88 bits per heavy atom. The molecule has 4 heterocycles. The fourth-order valence-corrected chi connectivity index (χ4v) is 6.20. The topological polar surface area (TPSA) is 308 Å². The van der Waals surface area contributed by atoms with Crippen LogP contribution in [-0.2, 0) is 18.9 Å². The molecule has 3 aromatic rings. The van der Waals surface area contributed by atoms with E-state index in [1.54, 1.807) is 0 Å². The summed E-state index contributed by atoms with van der Waals surface area (Å²) in [5.41, 5.74) is -0.379. The molecule has 286 valence electrons. The summed E-state index contributed by atoms with van der Waals surface area (Å²) >= 11 is 0. The first kappa shape index (κ1) is 38.2. The zero-order valence-corrected chi connectivity index (χ0v) is 27.3. The molecule has 1 aromatic heterocycles. The van der Waals surface area contributed by atoms with Gasteiger partial charge in [0.2, 0.25) is 18.0 Å². The molecule has 0 amide bonds. The van der Waals surface area contributed by atoms with Crippen LogP contribution in [0.1, 0.15) is 6.92 Å². The minimum absolute atomic E-state index is 0.0247. The van der Waals surface area contributed by atoms with Crippen LogP contribution < -0.4 is 14.9 Å². The van der Waals surface area contributed by atoms with Crippen LogP contribution in [0.25, 0.3) is 22.1 Å². The maximum atomic E-state index is 13.5. The summed E-state index contributed by atoms with van der Waals surface area (Å²) < 4.78 is 39.2. The SMILES string of the molecule is C[C@H]1O[C@@H](Oc2cc(O)c3c(=O)c(-c4ccc(O[C@@H]5O[C@H](CO)[C@@H](O)[C@H](O)[C@H]5O[C@@H]5O[C@H](CO)[C@@H](O)[C@H](O)[C@@H]5O)cc4)coc3c2)[C@@H](O)[C@H](O)[C@H]1O. The quantitative estimate of drug-likeness (QED) is 0.101. The molecule has 0 unspecified atom stereocenters. The Hall–Kier alpha value is -3.51. The van der Waals surface area contributed by atoms with Gasteiger partial charge in [0.1, 0.15) is 95.5 Å². The number of fused-ring (bicyclic) bond motifs is 1. The summed E-state index contributed by atoms with van der Waals surface area (Å²) in [5, 5.41) is 112. The molecule has 52 heavy (non-hydrogen) atoms. The van der Waals surface area contributed by atoms with E-state index in [9.17, 15) is 61.0 Å². The fraction of sp³-hybridized carbons (Fsp3) is 0.545. The number of benzene rings is 2. The molecule has 3 aliphatic rings. The Labute approximate surface area is 293 Å². The summed E-state index contributed by atoms with van der Waals surface area (Å²) in [4.78, 5) is 13.5. The molecular formula is C33H40O19. The predicted octanol–water partition coefficient (Wildman–Crippen LogP) is -3.63. The van der Waals surface area contributed by atoms with Crippen molar-refractivity contribution in [3.63, 3.8) is 0 Å². The van der Waals surface area contributed by atoms with E-state index >= 15 is 0 Å². The van der Waals surface area contributed by atoms with E-state index < -0.39 is 117 Å². The molecule has 19 nitrogen and oxygen atoms in total. The smallest absolute Gasteiger partial charge is 0.229 e. The van der Waals surface area contributed by atoms with Crippen LogP contribution in [0, 0.1) is 0 Å². The van der Waals surface area contributed by atoms with E-state index in [0.29, 0.717) is 5.56 Å². The zero-order valence-electron chi connectivity index (χ0n) is 27.3. The highest BCUT2D eigenvalue weighted by atomic mass is 16.8. The monoisotopic (exact) mass is 740 g/mol. The number of aromatic hydroxyl groups is 1. The largest absolute Gasteiger partial charge is 0.507 e. The highest BCUT2D eigenvalue weighted by molar-refractivity contribution is 5.88. The maximum absolute atomic E-state index is 13.5. The second kappa shape index (κ2) is 15.5. The van der Waals surface area contributed by atoms with Gasteiger partial charge >= 0.3 is 0 Å². The van der Waals surface area contributed by atoms with Gasteiger partial charge in [0, 0.05) is 12.1 Å². The molecule has 0 saturated carbocycles. The molecule has 19 heteroatoms. The molecule has 0 aliphatic carbocycles. The first-order valence-corrected chi connectivity index (χ1v) is 16.2. The Kier molecular flexibility index (Phi) is 11.4. The molecular weight excluding hydrogens is 700 g/mol. The molecule has 6 rings (SSSR count). The van der Waals surface area contributed by atoms with Gasteiger partial charge in [0.05, 0.1) is 24.9 Å². The van der Waals surface area contributed by atoms with Gasteiger partial charge in [-0.3, -0.25) is 4.79 Å². The average Bonchev–Trinajstić information content (AvgIpc) is 3.13. The van der Waals surface area contributed by atoms with E-state index in [1.165, 1.54) is 37.3 Å². The van der Waals surface area contributed by atoms with Gasteiger partial charge < -0.3 is 89.0 Å². The molecule has 11 N–H and O–H groups in total. The van der Waals surface area contributed by atoms with Crippen molar-refractivity contribution in [1.29, 1.82) is 0 Å². The van der Waals surface area contributed by atoms with Crippen LogP contribution in [0.4, 0.5) is 0 Å². The lowest BCUT2D eigenvalue weighted by Crippen LogP contribution is -2.65. The van der Waals surface area contributed by atoms with E-state index in [1.807, 2.05) is 0 Å². The van der Waals surface area contributed by atoms with Crippen LogP contribution >= 0.6 is 0 Å². The van der Waals surface area contributed by atoms with Gasteiger partial charge in [-0.25, -0.2) is 0 Å². The van der Waals surface area contributed by atoms with E-state index in [2.05, 4.69) is 0 Å². The third-order valence-electron chi connectivity index (χ3n) is 9.27. The summed E-state index contributed by atoms with van der Waals surface area (Å²) in [5.74, 6) is -0.520. The van der Waals surface area contributed by atoms with Crippen molar-refractivity contribution in [3.05, 3.63) is 52.9 Å². The Morgan fingerprint density at radius 1 is 0.654 bits per heavy atom. The number of ether oxygens (including phenoxy) is 6. The van der Waals surface area contributed by atoms with Crippen molar-refractivity contribution in [1.82, 2.24) is 0 Å². The van der Waals surface area contributed by atoms with Crippen molar-refractivity contribution in [2.45, 2.75) is 99.0 Å². The summed E-state index contributed by atoms with van der Waals surface area (Å²) in [7, 11) is 0. The Morgan fingerprint density at radius 2 is 1.23 bits per heavy atom. The molecule has 0 spiro atoms. The standard InChI is InChI=1S/C33H40O19/c1-11-21(37)25(41)28(44)31(47-11)49-14-6-16(36)20-17(7-14)46-10-15(22(20)38)12-2-4-13(5-3-12)48-33-30(27(43)24(40)19(9-35)51-33)52-32-29(45)26(42)23(39)18(8-34)50-32/h2-7,10-11,18-19,21,23-37,39-45H,8-9H2,1H3/t11-,18-,19-,21+,23-,24-,25-,26+,27+,28+,29+,30-,31+,32+,33-/m1/s1. The number of phenols is 1.